The molecule has 0 unspecified atom stereocenters. The molecule has 1 aromatic carbocycles. The first-order chi connectivity index (χ1) is 24.3. The van der Waals surface area contributed by atoms with Crippen molar-refractivity contribution >= 4 is 47.2 Å². The zero-order valence-corrected chi connectivity index (χ0v) is 36.8. The number of benzene rings is 1. The van der Waals surface area contributed by atoms with Crippen LogP contribution in [0.5, 0.6) is 0 Å². The van der Waals surface area contributed by atoms with Gasteiger partial charge in [0.05, 0.1) is 29.6 Å². The van der Waals surface area contributed by atoms with Gasteiger partial charge < -0.3 is 22.2 Å². The summed E-state index contributed by atoms with van der Waals surface area (Å²) in [5.41, 5.74) is -0.697. The monoisotopic (exact) mass is 839 g/mol. The van der Waals surface area contributed by atoms with E-state index >= 15 is 0 Å². The molecule has 7 nitrogen and oxygen atoms in total. The molecule has 51 heavy (non-hydrogen) atoms. The minimum Gasteiger partial charge on any atom is -1.00 e. The molecule has 0 radical (unpaired) electrons. The maximum atomic E-state index is 11.0. The second-order valence-corrected chi connectivity index (χ2v) is 19.8. The molecule has 1 aromatic heterocycles. The number of rotatable bonds is 31. The maximum Gasteiger partial charge on any atom is 0.311 e. The van der Waals surface area contributed by atoms with Crippen molar-refractivity contribution in [2.75, 3.05) is 24.6 Å². The lowest BCUT2D eigenvalue weighted by Crippen LogP contribution is -3.00. The standard InChI is InChI=1S/C34H72P.C6HCl2N3O4.BrH/c1-5-9-13-17-18-19-20-21-22-23-24-25-26-30-34-35(31-27-14-10-6-2,32-28-15-11-7-3)33-29-16-12-8-4;7-2-1-3-6(11(14)15-9-3)4(8)5(2)10(12)13;/h5-34H2,1-4H3;1H;1H/q+1;;/p-1. The average Bonchev–Trinajstić information content (AvgIpc) is 3.47. The van der Waals surface area contributed by atoms with Crippen LogP contribution >= 0.6 is 30.5 Å². The number of hydrogen-bond acceptors (Lipinski definition) is 5. The number of aromatic nitrogens is 2. The fourth-order valence-corrected chi connectivity index (χ4v) is 12.6. The number of nitro groups is 1. The minimum absolute atomic E-state index is 0. The number of fused-ring (bicyclic) bond motifs is 1. The Morgan fingerprint density at radius 3 is 1.27 bits per heavy atom. The minimum atomic E-state index is -0.781. The van der Waals surface area contributed by atoms with Crippen molar-refractivity contribution in [1.29, 1.82) is 0 Å². The zero-order chi connectivity index (χ0) is 36.9. The van der Waals surface area contributed by atoms with E-state index in [1.807, 2.05) is 0 Å². The average molecular weight is 842 g/mol. The molecule has 0 amide bonds. The summed E-state index contributed by atoms with van der Waals surface area (Å²) in [5, 5.41) is 24.3. The van der Waals surface area contributed by atoms with Crippen molar-refractivity contribution in [1.82, 2.24) is 5.16 Å². The highest BCUT2D eigenvalue weighted by Gasteiger charge is 2.35. The highest BCUT2D eigenvalue weighted by Crippen LogP contribution is 2.61. The number of unbranched alkanes of at least 4 members (excludes halogenated alkanes) is 22. The Bertz CT molecular complexity index is 1110. The first-order valence-electron chi connectivity index (χ1n) is 20.6. The summed E-state index contributed by atoms with van der Waals surface area (Å²) < 4.78 is 4.23. The molecule has 11 heteroatoms. The van der Waals surface area contributed by atoms with E-state index in [2.05, 4.69) is 37.5 Å². The molecule has 0 bridgehead atoms. The van der Waals surface area contributed by atoms with E-state index < -0.39 is 22.9 Å². The van der Waals surface area contributed by atoms with Crippen molar-refractivity contribution in [3.8, 4) is 0 Å². The van der Waals surface area contributed by atoms with Crippen molar-refractivity contribution in [2.24, 2.45) is 0 Å². The quantitative estimate of drug-likeness (QED) is 0.0248. The van der Waals surface area contributed by atoms with Crippen LogP contribution in [-0.2, 0) is 0 Å². The van der Waals surface area contributed by atoms with Gasteiger partial charge in [-0.3, -0.25) is 14.7 Å². The van der Waals surface area contributed by atoms with Crippen LogP contribution in [0.25, 0.3) is 11.0 Å². The summed E-state index contributed by atoms with van der Waals surface area (Å²) in [6.45, 7) is 9.42. The molecule has 0 spiro atoms. The van der Waals surface area contributed by atoms with Crippen LogP contribution in [0.15, 0.2) is 10.7 Å². The third kappa shape index (κ3) is 22.3. The summed E-state index contributed by atoms with van der Waals surface area (Å²) in [6, 6.07) is 1.14. The van der Waals surface area contributed by atoms with Gasteiger partial charge in [-0.2, -0.15) is 0 Å². The van der Waals surface area contributed by atoms with Gasteiger partial charge in [0.25, 0.3) is 11.0 Å². The molecule has 2 rings (SSSR count). The number of halogens is 3. The van der Waals surface area contributed by atoms with E-state index in [0.29, 0.717) is 0 Å². The van der Waals surface area contributed by atoms with Crippen LogP contribution in [0.2, 0.25) is 10.0 Å². The van der Waals surface area contributed by atoms with Crippen LogP contribution in [0, 0.1) is 15.3 Å². The maximum absolute atomic E-state index is 11.0. The van der Waals surface area contributed by atoms with E-state index in [9.17, 15) is 15.3 Å². The van der Waals surface area contributed by atoms with Crippen LogP contribution in [0.3, 0.4) is 0 Å². The van der Waals surface area contributed by atoms with Gasteiger partial charge in [0.2, 0.25) is 0 Å². The molecule has 0 fully saturated rings. The summed E-state index contributed by atoms with van der Waals surface area (Å²) in [7, 11) is -0.701. The highest BCUT2D eigenvalue weighted by molar-refractivity contribution is 7.75. The molecule has 0 saturated heterocycles. The Morgan fingerprint density at radius 2 is 0.941 bits per heavy atom. The molecule has 298 valence electrons. The second kappa shape index (κ2) is 32.7. The van der Waals surface area contributed by atoms with Crippen molar-refractivity contribution in [3.63, 3.8) is 0 Å². The van der Waals surface area contributed by atoms with E-state index in [-0.39, 0.29) is 37.9 Å². The molecular formula is C40H73BrCl2N3O4P. The fourth-order valence-electron chi connectivity index (χ4n) is 7.05. The van der Waals surface area contributed by atoms with E-state index in [1.54, 1.807) is 50.3 Å². The normalized spacial score (nSPS) is 11.4. The Hall–Kier alpha value is -0.690. The van der Waals surface area contributed by atoms with E-state index in [0.717, 1.165) is 6.07 Å². The predicted octanol–water partition coefficient (Wildman–Crippen LogP) is 11.9. The van der Waals surface area contributed by atoms with Crippen molar-refractivity contribution in [3.05, 3.63) is 31.4 Å². The van der Waals surface area contributed by atoms with E-state index in [4.69, 9.17) is 23.2 Å². The van der Waals surface area contributed by atoms with Gasteiger partial charge in [0.1, 0.15) is 5.02 Å². The first kappa shape index (κ1) is 50.3. The van der Waals surface area contributed by atoms with Gasteiger partial charge >= 0.3 is 5.69 Å². The van der Waals surface area contributed by atoms with Crippen LogP contribution < -0.4 is 21.9 Å². The van der Waals surface area contributed by atoms with Gasteiger partial charge in [-0.05, 0) is 56.3 Å². The second-order valence-electron chi connectivity index (χ2n) is 14.6. The van der Waals surface area contributed by atoms with Gasteiger partial charge in [-0.15, -0.1) is 0 Å². The smallest absolute Gasteiger partial charge is 0.311 e. The molecule has 0 aliphatic rings. The lowest BCUT2D eigenvalue weighted by molar-refractivity contribution is -0.782. The number of nitrogens with zero attached hydrogens (tertiary/aromatic N) is 3. The zero-order valence-electron chi connectivity index (χ0n) is 32.8. The Balaban J connectivity index is 0.00000128. The molecular weight excluding hydrogens is 768 g/mol. The Morgan fingerprint density at radius 1 is 0.627 bits per heavy atom. The third-order valence-electron chi connectivity index (χ3n) is 10.2. The van der Waals surface area contributed by atoms with Crippen LogP contribution in [-0.4, -0.2) is 34.7 Å². The summed E-state index contributed by atoms with van der Waals surface area (Å²) >= 11 is 11.2. The first-order valence-corrected chi connectivity index (χ1v) is 23.9. The summed E-state index contributed by atoms with van der Waals surface area (Å²) in [5.74, 6) is 0. The largest absolute Gasteiger partial charge is 1.00 e. The lowest BCUT2D eigenvalue weighted by atomic mass is 10.0. The summed E-state index contributed by atoms with van der Waals surface area (Å²) in [4.78, 5) is 9.80. The Labute approximate surface area is 332 Å². The number of nitro benzene ring substituents is 1. The SMILES string of the molecule is CCCCCCCCCCCCCCCC[P+](CCCCCC)(CCCCCC)CCCCCC.O=[N+]([O-])c1c(Cl)cc2no[n+]([O-])c2c1Cl.[Br-]. The number of hydrogen-bond donors (Lipinski definition) is 0. The fraction of sp³-hybridized carbons (Fsp3) is 0.850. The Kier molecular flexibility index (Phi) is 32.3. The van der Waals surface area contributed by atoms with Crippen LogP contribution in [0.4, 0.5) is 5.69 Å². The van der Waals surface area contributed by atoms with Gasteiger partial charge in [0.15, 0.2) is 5.02 Å². The topological polar surface area (TPSA) is 96.1 Å². The van der Waals surface area contributed by atoms with Gasteiger partial charge in [-0.25, -0.2) is 0 Å². The molecule has 0 aliphatic heterocycles. The molecule has 0 N–H and O–H groups in total. The molecule has 1 heterocycles. The molecule has 0 aliphatic carbocycles. The third-order valence-corrected chi connectivity index (χ3v) is 15.9. The lowest BCUT2D eigenvalue weighted by Gasteiger charge is -2.28. The van der Waals surface area contributed by atoms with Crippen molar-refractivity contribution < 1.29 is 31.4 Å². The molecule has 0 saturated carbocycles. The van der Waals surface area contributed by atoms with Gasteiger partial charge in [0, 0.05) is 18.5 Å². The van der Waals surface area contributed by atoms with E-state index in [1.165, 1.54) is 141 Å². The van der Waals surface area contributed by atoms with Crippen molar-refractivity contribution in [2.45, 2.75) is 195 Å². The van der Waals surface area contributed by atoms with Crippen LogP contribution in [0.1, 0.15) is 195 Å². The highest BCUT2D eigenvalue weighted by atomic mass is 79.9. The predicted molar refractivity (Wildman–Crippen MR) is 219 cm³/mol. The summed E-state index contributed by atoms with van der Waals surface area (Å²) in [6.07, 6.45) is 45.1. The molecule has 2 aromatic rings. The molecule has 0 atom stereocenters. The van der Waals surface area contributed by atoms with Gasteiger partial charge in [-0.1, -0.05) is 166 Å².